The van der Waals surface area contributed by atoms with Crippen LogP contribution in [0.4, 0.5) is 9.18 Å². The van der Waals surface area contributed by atoms with E-state index in [-0.39, 0.29) is 24.9 Å². The van der Waals surface area contributed by atoms with E-state index in [0.29, 0.717) is 18.5 Å². The largest absolute Gasteiger partial charge is 0.438 e. The fourth-order valence-electron chi connectivity index (χ4n) is 3.39. The van der Waals surface area contributed by atoms with E-state index in [4.69, 9.17) is 4.74 Å². The minimum atomic E-state index is -0.910. The molecule has 0 bridgehead atoms. The molecule has 1 aliphatic rings. The van der Waals surface area contributed by atoms with Crippen molar-refractivity contribution in [2.75, 3.05) is 13.2 Å². The number of hydrogen-bond acceptors (Lipinski definition) is 3. The number of rotatable bonds is 5. The van der Waals surface area contributed by atoms with Gasteiger partial charge in [0.25, 0.3) is 0 Å². The smallest absolute Gasteiger partial charge is 0.411 e. The molecule has 132 valence electrons. The summed E-state index contributed by atoms with van der Waals surface area (Å²) in [5.74, 6) is -0.343. The fourth-order valence-corrected chi connectivity index (χ4v) is 3.39. The molecule has 0 unspecified atom stereocenters. The van der Waals surface area contributed by atoms with Crippen LogP contribution in [0.2, 0.25) is 0 Å². The van der Waals surface area contributed by atoms with Crippen molar-refractivity contribution < 1.29 is 19.0 Å². The maximum atomic E-state index is 13.2. The van der Waals surface area contributed by atoms with E-state index in [9.17, 15) is 14.3 Å². The minimum Gasteiger partial charge on any atom is -0.438 e. The van der Waals surface area contributed by atoms with Crippen LogP contribution in [-0.2, 0) is 10.3 Å². The van der Waals surface area contributed by atoms with Gasteiger partial charge in [-0.1, -0.05) is 42.5 Å². The highest BCUT2D eigenvalue weighted by atomic mass is 19.1. The van der Waals surface area contributed by atoms with E-state index in [1.54, 1.807) is 17.0 Å². The molecule has 0 aliphatic carbocycles. The molecule has 1 fully saturated rings. The standard InChI is InChI=1S/C20H22FNO3/c1-15(16-5-3-2-4-6-16)22-13-11-20(12-14-23,25-19(22)24)17-7-9-18(21)10-8-17/h2-10,15,23H,11-14H2,1H3/t15-,20-/m0/s1. The fraction of sp³-hybridized carbons (Fsp3) is 0.350. The van der Waals surface area contributed by atoms with E-state index in [2.05, 4.69) is 0 Å². The SMILES string of the molecule is C[C@@H](c1ccccc1)N1CC[C@](CCO)(c2ccc(F)cc2)OC1=O. The molecular weight excluding hydrogens is 321 g/mol. The summed E-state index contributed by atoms with van der Waals surface area (Å²) in [5.41, 5.74) is 0.839. The van der Waals surface area contributed by atoms with Gasteiger partial charge in [-0.15, -0.1) is 0 Å². The number of aliphatic hydroxyl groups is 1. The van der Waals surface area contributed by atoms with Gasteiger partial charge in [-0.05, 0) is 30.2 Å². The predicted octanol–water partition coefficient (Wildman–Crippen LogP) is 4.01. The van der Waals surface area contributed by atoms with Crippen LogP contribution in [0.15, 0.2) is 54.6 Å². The van der Waals surface area contributed by atoms with Crippen LogP contribution in [0.5, 0.6) is 0 Å². The maximum Gasteiger partial charge on any atom is 0.411 e. The van der Waals surface area contributed by atoms with Crippen molar-refractivity contribution in [1.29, 1.82) is 0 Å². The molecule has 2 atom stereocenters. The summed E-state index contributed by atoms with van der Waals surface area (Å²) in [6.45, 7) is 2.36. The summed E-state index contributed by atoms with van der Waals surface area (Å²) in [7, 11) is 0. The summed E-state index contributed by atoms with van der Waals surface area (Å²) in [6.07, 6.45) is 0.417. The van der Waals surface area contributed by atoms with Gasteiger partial charge in [-0.2, -0.15) is 0 Å². The molecule has 1 N–H and O–H groups in total. The Labute approximate surface area is 146 Å². The van der Waals surface area contributed by atoms with Crippen molar-refractivity contribution in [3.8, 4) is 0 Å². The number of carbonyl (C=O) groups is 1. The minimum absolute atomic E-state index is 0.103. The number of hydrogen-bond donors (Lipinski definition) is 1. The molecule has 5 heteroatoms. The first-order valence-electron chi connectivity index (χ1n) is 8.47. The van der Waals surface area contributed by atoms with Gasteiger partial charge in [-0.25, -0.2) is 9.18 Å². The second kappa shape index (κ2) is 7.23. The Balaban J connectivity index is 1.82. The molecule has 1 saturated heterocycles. The van der Waals surface area contributed by atoms with Crippen LogP contribution < -0.4 is 0 Å². The average Bonchev–Trinajstić information content (AvgIpc) is 2.63. The molecule has 3 rings (SSSR count). The Morgan fingerprint density at radius 2 is 1.88 bits per heavy atom. The number of halogens is 1. The third-order valence-corrected chi connectivity index (χ3v) is 4.91. The lowest BCUT2D eigenvalue weighted by molar-refractivity contribution is -0.0718. The van der Waals surface area contributed by atoms with E-state index in [0.717, 1.165) is 5.56 Å². The number of benzene rings is 2. The zero-order chi connectivity index (χ0) is 17.9. The van der Waals surface area contributed by atoms with Crippen LogP contribution >= 0.6 is 0 Å². The van der Waals surface area contributed by atoms with E-state index < -0.39 is 11.7 Å². The summed E-state index contributed by atoms with van der Waals surface area (Å²) in [6, 6.07) is 15.6. The molecule has 0 aromatic heterocycles. The molecular formula is C20H22FNO3. The quantitative estimate of drug-likeness (QED) is 0.892. The molecule has 0 saturated carbocycles. The number of aliphatic hydroxyl groups excluding tert-OH is 1. The molecule has 25 heavy (non-hydrogen) atoms. The Kier molecular flexibility index (Phi) is 5.04. The van der Waals surface area contributed by atoms with Crippen LogP contribution in [0.3, 0.4) is 0 Å². The summed E-state index contributed by atoms with van der Waals surface area (Å²) in [5, 5.41) is 9.46. The first-order valence-corrected chi connectivity index (χ1v) is 8.47. The molecule has 1 heterocycles. The molecule has 4 nitrogen and oxygen atoms in total. The van der Waals surface area contributed by atoms with Crippen molar-refractivity contribution in [2.24, 2.45) is 0 Å². The highest BCUT2D eigenvalue weighted by Crippen LogP contribution is 2.39. The molecule has 1 amide bonds. The highest BCUT2D eigenvalue weighted by Gasteiger charge is 2.43. The predicted molar refractivity (Wildman–Crippen MR) is 92.4 cm³/mol. The normalized spacial score (nSPS) is 21.7. The summed E-state index contributed by atoms with van der Waals surface area (Å²) >= 11 is 0. The van der Waals surface area contributed by atoms with Crippen molar-refractivity contribution in [3.05, 3.63) is 71.5 Å². The van der Waals surface area contributed by atoms with Crippen LogP contribution in [0.25, 0.3) is 0 Å². The lowest BCUT2D eigenvalue weighted by Gasteiger charge is -2.43. The van der Waals surface area contributed by atoms with Crippen LogP contribution in [-0.4, -0.2) is 29.3 Å². The Morgan fingerprint density at radius 3 is 2.48 bits per heavy atom. The van der Waals surface area contributed by atoms with Gasteiger partial charge >= 0.3 is 6.09 Å². The molecule has 2 aromatic carbocycles. The van der Waals surface area contributed by atoms with Crippen LogP contribution in [0.1, 0.15) is 36.9 Å². The molecule has 0 radical (unpaired) electrons. The molecule has 2 aromatic rings. The average molecular weight is 343 g/mol. The van der Waals surface area contributed by atoms with Gasteiger partial charge in [0, 0.05) is 26.0 Å². The monoisotopic (exact) mass is 343 g/mol. The molecule has 1 aliphatic heterocycles. The summed E-state index contributed by atoms with van der Waals surface area (Å²) < 4.78 is 19.0. The van der Waals surface area contributed by atoms with E-state index in [1.165, 1.54) is 12.1 Å². The van der Waals surface area contributed by atoms with Crippen molar-refractivity contribution in [3.63, 3.8) is 0 Å². The van der Waals surface area contributed by atoms with Gasteiger partial charge < -0.3 is 14.7 Å². The zero-order valence-electron chi connectivity index (χ0n) is 14.2. The van der Waals surface area contributed by atoms with Gasteiger partial charge in [-0.3, -0.25) is 0 Å². The molecule has 0 spiro atoms. The van der Waals surface area contributed by atoms with E-state index >= 15 is 0 Å². The van der Waals surface area contributed by atoms with Gasteiger partial charge in [0.1, 0.15) is 11.4 Å². The zero-order valence-corrected chi connectivity index (χ0v) is 14.2. The first kappa shape index (κ1) is 17.4. The van der Waals surface area contributed by atoms with Gasteiger partial charge in [0.2, 0.25) is 0 Å². The van der Waals surface area contributed by atoms with E-state index in [1.807, 2.05) is 37.3 Å². The first-order chi connectivity index (χ1) is 12.1. The number of carbonyl (C=O) groups excluding carboxylic acids is 1. The topological polar surface area (TPSA) is 49.8 Å². The number of nitrogens with zero attached hydrogens (tertiary/aromatic N) is 1. The van der Waals surface area contributed by atoms with Crippen molar-refractivity contribution in [1.82, 2.24) is 4.90 Å². The maximum absolute atomic E-state index is 13.2. The van der Waals surface area contributed by atoms with Gasteiger partial charge in [0.05, 0.1) is 6.04 Å². The number of amides is 1. The second-order valence-corrected chi connectivity index (χ2v) is 6.37. The number of ether oxygens (including phenoxy) is 1. The highest BCUT2D eigenvalue weighted by molar-refractivity contribution is 5.70. The van der Waals surface area contributed by atoms with Gasteiger partial charge in [0.15, 0.2) is 0 Å². The lowest BCUT2D eigenvalue weighted by atomic mass is 9.85. The second-order valence-electron chi connectivity index (χ2n) is 6.37. The van der Waals surface area contributed by atoms with Crippen molar-refractivity contribution in [2.45, 2.75) is 31.4 Å². The lowest BCUT2D eigenvalue weighted by Crippen LogP contribution is -2.49. The third-order valence-electron chi connectivity index (χ3n) is 4.91. The van der Waals surface area contributed by atoms with Crippen LogP contribution in [0, 0.1) is 5.82 Å². The Morgan fingerprint density at radius 1 is 1.20 bits per heavy atom. The number of cyclic esters (lactones) is 1. The third kappa shape index (κ3) is 3.51. The van der Waals surface area contributed by atoms with Crippen molar-refractivity contribution >= 4 is 6.09 Å². The summed E-state index contributed by atoms with van der Waals surface area (Å²) in [4.78, 5) is 14.4. The Bertz CT molecular complexity index is 719. The Hall–Kier alpha value is -2.40.